The van der Waals surface area contributed by atoms with Crippen LogP contribution in [0.15, 0.2) is 0 Å². The van der Waals surface area contributed by atoms with E-state index in [1.807, 2.05) is 0 Å². The van der Waals surface area contributed by atoms with Gasteiger partial charge in [0.1, 0.15) is 0 Å². The maximum Gasteiger partial charge on any atom is 0.222 e. The van der Waals surface area contributed by atoms with Gasteiger partial charge >= 0.3 is 0 Å². The van der Waals surface area contributed by atoms with Gasteiger partial charge in [0.25, 0.3) is 0 Å². The van der Waals surface area contributed by atoms with E-state index in [1.54, 1.807) is 7.11 Å². The van der Waals surface area contributed by atoms with Crippen molar-refractivity contribution in [3.05, 3.63) is 0 Å². The Hall–Kier alpha value is 0.190. The molecule has 1 aliphatic heterocycles. The molecule has 0 unspecified atom stereocenters. The standard InChI is InChI=1S/C7H16N2O2S/c1-10-12-8-2-3-9-4-6-11-7-5-9/h8H,2-7H2,1H3/p+1. The van der Waals surface area contributed by atoms with Crippen molar-refractivity contribution >= 4 is 12.2 Å². The molecule has 1 fully saturated rings. The van der Waals surface area contributed by atoms with Crippen LogP contribution in [0, 0.1) is 0 Å². The van der Waals surface area contributed by atoms with Gasteiger partial charge in [-0.1, -0.05) is 0 Å². The van der Waals surface area contributed by atoms with E-state index in [2.05, 4.69) is 9.62 Å². The van der Waals surface area contributed by atoms with Crippen LogP contribution in [0.1, 0.15) is 0 Å². The summed E-state index contributed by atoms with van der Waals surface area (Å²) in [5, 5.41) is 0. The van der Waals surface area contributed by atoms with Gasteiger partial charge in [-0.15, -0.1) is 4.72 Å². The number of ether oxygens (including phenoxy) is 1. The fourth-order valence-corrected chi connectivity index (χ4v) is 1.46. The van der Waals surface area contributed by atoms with Crippen molar-refractivity contribution < 1.29 is 8.92 Å². The van der Waals surface area contributed by atoms with E-state index in [4.69, 9.17) is 8.92 Å². The third kappa shape index (κ3) is 4.27. The number of hydrogen-bond donors (Lipinski definition) is 1. The van der Waals surface area contributed by atoms with Crippen LogP contribution in [0.25, 0.3) is 0 Å². The summed E-state index contributed by atoms with van der Waals surface area (Å²) < 4.78 is 13.2. The minimum absolute atomic E-state index is 0.858. The van der Waals surface area contributed by atoms with Crippen molar-refractivity contribution in [2.45, 2.75) is 0 Å². The second-order valence-corrected chi connectivity index (χ2v) is 3.50. The Labute approximate surface area is 77.9 Å². The van der Waals surface area contributed by atoms with Crippen molar-refractivity contribution in [3.8, 4) is 0 Å². The molecule has 0 aromatic heterocycles. The van der Waals surface area contributed by atoms with Crippen molar-refractivity contribution in [3.63, 3.8) is 0 Å². The number of morpholine rings is 1. The van der Waals surface area contributed by atoms with Crippen molar-refractivity contribution in [1.82, 2.24) is 9.62 Å². The first-order valence-corrected chi connectivity index (χ1v) is 5.01. The van der Waals surface area contributed by atoms with Crippen LogP contribution in [0.2, 0.25) is 0 Å². The Morgan fingerprint density at radius 1 is 1.50 bits per heavy atom. The maximum absolute atomic E-state index is 5.24. The first-order valence-electron chi connectivity index (χ1n) is 4.19. The molecular formula is C7H17N2O2S+. The molecule has 0 spiro atoms. The van der Waals surface area contributed by atoms with Gasteiger partial charge in [-0.25, -0.2) is 0 Å². The lowest BCUT2D eigenvalue weighted by Gasteiger charge is -2.25. The van der Waals surface area contributed by atoms with Crippen molar-refractivity contribution in [2.24, 2.45) is 0 Å². The summed E-state index contributed by atoms with van der Waals surface area (Å²) in [5.41, 5.74) is 0. The van der Waals surface area contributed by atoms with Crippen molar-refractivity contribution in [1.29, 1.82) is 0 Å². The lowest BCUT2D eigenvalue weighted by Crippen LogP contribution is -2.40. The third-order valence-electron chi connectivity index (χ3n) is 1.80. The second kappa shape index (κ2) is 6.68. The van der Waals surface area contributed by atoms with Crippen LogP contribution in [0.4, 0.5) is 0 Å². The van der Waals surface area contributed by atoms with Crippen LogP contribution >= 0.6 is 0 Å². The Kier molecular flexibility index (Phi) is 5.72. The summed E-state index contributed by atoms with van der Waals surface area (Å²) >= 11 is 0.858. The fraction of sp³-hybridized carbons (Fsp3) is 1.00. The summed E-state index contributed by atoms with van der Waals surface area (Å²) in [6, 6.07) is 0. The van der Waals surface area contributed by atoms with Crippen LogP contribution in [0.5, 0.6) is 0 Å². The van der Waals surface area contributed by atoms with E-state index in [0.29, 0.717) is 0 Å². The normalized spacial score (nSPS) is 19.8. The molecule has 5 heteroatoms. The molecule has 0 aromatic rings. The van der Waals surface area contributed by atoms with E-state index in [0.717, 1.165) is 51.6 Å². The maximum atomic E-state index is 5.24. The number of nitrogens with zero attached hydrogens (tertiary/aromatic N) is 1. The lowest BCUT2D eigenvalue weighted by atomic mass is 10.4. The molecule has 0 aromatic carbocycles. The second-order valence-electron chi connectivity index (χ2n) is 2.64. The Balaban J connectivity index is 1.91. The molecule has 1 saturated heterocycles. The van der Waals surface area contributed by atoms with Crippen LogP contribution < -0.4 is 4.72 Å². The van der Waals surface area contributed by atoms with Crippen LogP contribution in [0.3, 0.4) is 0 Å². The molecule has 0 radical (unpaired) electrons. The number of rotatable bonds is 5. The molecular weight excluding hydrogens is 176 g/mol. The Bertz CT molecular complexity index is 110. The first-order chi connectivity index (χ1) is 5.93. The highest BCUT2D eigenvalue weighted by molar-refractivity contribution is 7.71. The average molecular weight is 193 g/mol. The summed E-state index contributed by atoms with van der Waals surface area (Å²) in [6.45, 7) is 5.94. The van der Waals surface area contributed by atoms with Gasteiger partial charge < -0.3 is 4.74 Å². The highest BCUT2D eigenvalue weighted by Crippen LogP contribution is 1.94. The number of hydrogen-bond acceptors (Lipinski definition) is 4. The molecule has 0 bridgehead atoms. The summed E-state index contributed by atoms with van der Waals surface area (Å²) in [5.74, 6) is 0. The zero-order chi connectivity index (χ0) is 8.65. The molecule has 0 aliphatic carbocycles. The molecule has 1 aliphatic rings. The van der Waals surface area contributed by atoms with E-state index in [-0.39, 0.29) is 0 Å². The third-order valence-corrected chi connectivity index (χ3v) is 2.33. The number of nitrogens with one attached hydrogen (secondary N) is 1. The van der Waals surface area contributed by atoms with E-state index < -0.39 is 0 Å². The quantitative estimate of drug-likeness (QED) is 0.352. The monoisotopic (exact) mass is 193 g/mol. The average Bonchev–Trinajstić information content (AvgIpc) is 2.14. The molecule has 12 heavy (non-hydrogen) atoms. The van der Waals surface area contributed by atoms with Gasteiger partial charge in [-0.3, -0.25) is 4.90 Å². The van der Waals surface area contributed by atoms with E-state index in [1.165, 1.54) is 0 Å². The minimum atomic E-state index is 0.858. The molecule has 1 heterocycles. The number of thiol groups is 1. The Morgan fingerprint density at radius 2 is 2.25 bits per heavy atom. The fourth-order valence-electron chi connectivity index (χ4n) is 1.14. The highest BCUT2D eigenvalue weighted by Gasteiger charge is 2.09. The predicted molar refractivity (Wildman–Crippen MR) is 51.0 cm³/mol. The molecule has 72 valence electrons. The highest BCUT2D eigenvalue weighted by atomic mass is 32.2. The van der Waals surface area contributed by atoms with Gasteiger partial charge in [0.15, 0.2) is 0 Å². The summed E-state index contributed by atoms with van der Waals surface area (Å²) in [7, 11) is 1.68. The summed E-state index contributed by atoms with van der Waals surface area (Å²) in [6.07, 6.45) is 0. The molecule has 4 nitrogen and oxygen atoms in total. The van der Waals surface area contributed by atoms with Crippen LogP contribution in [-0.4, -0.2) is 51.4 Å². The topological polar surface area (TPSA) is 33.7 Å². The molecule has 1 rings (SSSR count). The van der Waals surface area contributed by atoms with Gasteiger partial charge in [0.05, 0.1) is 26.9 Å². The summed E-state index contributed by atoms with van der Waals surface area (Å²) in [4.78, 5) is 2.39. The molecule has 0 saturated carbocycles. The smallest absolute Gasteiger partial charge is 0.222 e. The molecule has 1 N–H and O–H groups in total. The van der Waals surface area contributed by atoms with E-state index >= 15 is 0 Å². The zero-order valence-electron chi connectivity index (χ0n) is 7.45. The zero-order valence-corrected chi connectivity index (χ0v) is 8.35. The van der Waals surface area contributed by atoms with E-state index in [9.17, 15) is 0 Å². The van der Waals surface area contributed by atoms with Gasteiger partial charge in [-0.05, 0) is 0 Å². The molecule has 0 atom stereocenters. The Morgan fingerprint density at radius 3 is 2.92 bits per heavy atom. The lowest BCUT2D eigenvalue weighted by molar-refractivity contribution is 0.0390. The SMILES string of the molecule is CO[SH+]NCCN1CCOCC1. The first kappa shape index (κ1) is 10.3. The molecule has 0 amide bonds. The van der Waals surface area contributed by atoms with Crippen LogP contribution in [-0.2, 0) is 21.1 Å². The van der Waals surface area contributed by atoms with Gasteiger partial charge in [-0.2, -0.15) is 4.18 Å². The van der Waals surface area contributed by atoms with Gasteiger partial charge in [0.2, 0.25) is 12.2 Å². The predicted octanol–water partition coefficient (Wildman–Crippen LogP) is -0.800. The largest absolute Gasteiger partial charge is 0.379 e. The van der Waals surface area contributed by atoms with Crippen molar-refractivity contribution in [2.75, 3.05) is 46.5 Å². The minimum Gasteiger partial charge on any atom is -0.379 e. The van der Waals surface area contributed by atoms with Gasteiger partial charge in [0, 0.05) is 19.6 Å².